The van der Waals surface area contributed by atoms with Gasteiger partial charge in [-0.25, -0.2) is 4.98 Å². The summed E-state index contributed by atoms with van der Waals surface area (Å²) >= 11 is 1.56. The Morgan fingerprint density at radius 1 is 1.22 bits per heavy atom. The van der Waals surface area contributed by atoms with E-state index in [2.05, 4.69) is 29.4 Å². The predicted molar refractivity (Wildman–Crippen MR) is 113 cm³/mol. The minimum Gasteiger partial charge on any atom is -0.494 e. The van der Waals surface area contributed by atoms with Crippen LogP contribution >= 0.6 is 11.3 Å². The normalized spacial score (nSPS) is 11.1. The molecule has 5 heteroatoms. The summed E-state index contributed by atoms with van der Waals surface area (Å²) in [7, 11) is 0. The molecule has 3 aromatic rings. The number of hydrogen-bond acceptors (Lipinski definition) is 4. The molecule has 140 valence electrons. The van der Waals surface area contributed by atoms with E-state index in [0.717, 1.165) is 46.5 Å². The van der Waals surface area contributed by atoms with Crippen molar-refractivity contribution < 1.29 is 9.53 Å². The Labute approximate surface area is 163 Å². The third kappa shape index (κ3) is 5.93. The van der Waals surface area contributed by atoms with Gasteiger partial charge in [-0.1, -0.05) is 31.2 Å². The number of amides is 1. The minimum atomic E-state index is -0.0410. The Hall–Kier alpha value is -2.66. The van der Waals surface area contributed by atoms with Gasteiger partial charge in [0.05, 0.1) is 28.8 Å². The molecule has 0 fully saturated rings. The first kappa shape index (κ1) is 19.1. The Bertz CT molecular complexity index is 917. The molecule has 1 aromatic heterocycles. The van der Waals surface area contributed by atoms with Gasteiger partial charge in [-0.15, -0.1) is 11.3 Å². The van der Waals surface area contributed by atoms with Crippen LogP contribution in [-0.4, -0.2) is 17.5 Å². The number of aromatic nitrogens is 1. The fraction of sp³-hybridized carbons (Fsp3) is 0.273. The zero-order valence-corrected chi connectivity index (χ0v) is 16.3. The summed E-state index contributed by atoms with van der Waals surface area (Å²) in [6.07, 6.45) is 7.77. The largest absolute Gasteiger partial charge is 0.494 e. The molecular formula is C22H24N2O2S. The molecule has 2 aromatic carbocycles. The van der Waals surface area contributed by atoms with Crippen LogP contribution in [-0.2, 0) is 11.2 Å². The first-order valence-electron chi connectivity index (χ1n) is 9.24. The van der Waals surface area contributed by atoms with E-state index in [1.165, 1.54) is 0 Å². The van der Waals surface area contributed by atoms with Crippen molar-refractivity contribution in [2.24, 2.45) is 0 Å². The van der Waals surface area contributed by atoms with Gasteiger partial charge in [-0.3, -0.25) is 4.79 Å². The van der Waals surface area contributed by atoms with Crippen molar-refractivity contribution in [2.45, 2.75) is 32.6 Å². The molecule has 0 saturated carbocycles. The van der Waals surface area contributed by atoms with Gasteiger partial charge < -0.3 is 10.1 Å². The van der Waals surface area contributed by atoms with Crippen molar-refractivity contribution >= 4 is 33.1 Å². The standard InChI is InChI=1S/C22H24N2O2S/c1-2-3-4-5-6-12-26-19-9-7-8-17(13-19)14-22(25)24-18-10-11-20-21(15-18)27-16-23-20/h3-4,7-11,13,15-16H,2,5-6,12,14H2,1H3,(H,24,25)/b4-3+. The van der Waals surface area contributed by atoms with Crippen molar-refractivity contribution in [2.75, 3.05) is 11.9 Å². The maximum Gasteiger partial charge on any atom is 0.228 e. The first-order valence-corrected chi connectivity index (χ1v) is 10.1. The summed E-state index contributed by atoms with van der Waals surface area (Å²) in [5, 5.41) is 2.96. The number of thiazole rings is 1. The number of anilines is 1. The van der Waals surface area contributed by atoms with Crippen LogP contribution in [0.5, 0.6) is 5.75 Å². The van der Waals surface area contributed by atoms with E-state index in [0.29, 0.717) is 13.0 Å². The van der Waals surface area contributed by atoms with Gasteiger partial charge in [0, 0.05) is 5.69 Å². The van der Waals surface area contributed by atoms with Gasteiger partial charge >= 0.3 is 0 Å². The lowest BCUT2D eigenvalue weighted by atomic mass is 10.1. The Morgan fingerprint density at radius 2 is 2.15 bits per heavy atom. The smallest absolute Gasteiger partial charge is 0.228 e. The van der Waals surface area contributed by atoms with E-state index in [-0.39, 0.29) is 5.91 Å². The monoisotopic (exact) mass is 380 g/mol. The quantitative estimate of drug-likeness (QED) is 0.388. The zero-order chi connectivity index (χ0) is 18.9. The third-order valence-electron chi connectivity index (χ3n) is 4.06. The molecule has 1 amide bonds. The highest BCUT2D eigenvalue weighted by atomic mass is 32.1. The number of nitrogens with zero attached hydrogens (tertiary/aromatic N) is 1. The summed E-state index contributed by atoms with van der Waals surface area (Å²) < 4.78 is 6.86. The number of benzene rings is 2. The number of carbonyl (C=O) groups excluding carboxylic acids is 1. The van der Waals surface area contributed by atoms with Crippen LogP contribution in [0.25, 0.3) is 10.2 Å². The van der Waals surface area contributed by atoms with Gasteiger partial charge in [0.1, 0.15) is 5.75 Å². The van der Waals surface area contributed by atoms with Crippen molar-refractivity contribution in [1.82, 2.24) is 4.98 Å². The number of rotatable bonds is 9. The van der Waals surface area contributed by atoms with Crippen LogP contribution in [0.1, 0.15) is 31.7 Å². The second kappa shape index (κ2) is 9.88. The second-order valence-corrected chi connectivity index (χ2v) is 7.16. The molecule has 1 N–H and O–H groups in total. The summed E-state index contributed by atoms with van der Waals surface area (Å²) in [6, 6.07) is 13.5. The van der Waals surface area contributed by atoms with Crippen LogP contribution in [0.4, 0.5) is 5.69 Å². The van der Waals surface area contributed by atoms with E-state index in [9.17, 15) is 4.79 Å². The zero-order valence-electron chi connectivity index (χ0n) is 15.5. The Kier molecular flexibility index (Phi) is 6.99. The highest BCUT2D eigenvalue weighted by Crippen LogP contribution is 2.22. The summed E-state index contributed by atoms with van der Waals surface area (Å²) in [4.78, 5) is 16.6. The number of carbonyl (C=O) groups is 1. The summed E-state index contributed by atoms with van der Waals surface area (Å²) in [6.45, 7) is 2.81. The van der Waals surface area contributed by atoms with Crippen LogP contribution < -0.4 is 10.1 Å². The number of hydrogen-bond donors (Lipinski definition) is 1. The minimum absolute atomic E-state index is 0.0410. The molecule has 0 unspecified atom stereocenters. The molecule has 3 rings (SSSR count). The van der Waals surface area contributed by atoms with E-state index >= 15 is 0 Å². The highest BCUT2D eigenvalue weighted by molar-refractivity contribution is 7.16. The van der Waals surface area contributed by atoms with Gasteiger partial charge in [0.25, 0.3) is 0 Å². The number of nitrogens with one attached hydrogen (secondary N) is 1. The van der Waals surface area contributed by atoms with Gasteiger partial charge in [-0.05, 0) is 55.2 Å². The summed E-state index contributed by atoms with van der Waals surface area (Å²) in [5.74, 6) is 0.770. The van der Waals surface area contributed by atoms with Crippen molar-refractivity contribution in [3.8, 4) is 5.75 Å². The lowest BCUT2D eigenvalue weighted by molar-refractivity contribution is -0.115. The maximum absolute atomic E-state index is 12.4. The number of ether oxygens (including phenoxy) is 1. The lowest BCUT2D eigenvalue weighted by Crippen LogP contribution is -2.14. The van der Waals surface area contributed by atoms with E-state index < -0.39 is 0 Å². The van der Waals surface area contributed by atoms with E-state index in [4.69, 9.17) is 4.74 Å². The molecule has 0 aliphatic rings. The van der Waals surface area contributed by atoms with E-state index in [1.54, 1.807) is 11.3 Å². The molecule has 0 bridgehead atoms. The average molecular weight is 381 g/mol. The molecule has 0 saturated heterocycles. The number of allylic oxidation sites excluding steroid dienone is 2. The molecular weight excluding hydrogens is 356 g/mol. The fourth-order valence-corrected chi connectivity index (χ4v) is 3.46. The number of fused-ring (bicyclic) bond motifs is 1. The van der Waals surface area contributed by atoms with Crippen LogP contribution in [0.3, 0.4) is 0 Å². The van der Waals surface area contributed by atoms with Gasteiger partial charge in [0.15, 0.2) is 0 Å². The van der Waals surface area contributed by atoms with Gasteiger partial charge in [0.2, 0.25) is 5.91 Å². The summed E-state index contributed by atoms with van der Waals surface area (Å²) in [5.41, 5.74) is 4.49. The van der Waals surface area contributed by atoms with Crippen molar-refractivity contribution in [1.29, 1.82) is 0 Å². The fourth-order valence-electron chi connectivity index (χ4n) is 2.74. The third-order valence-corrected chi connectivity index (χ3v) is 4.86. The molecule has 0 atom stereocenters. The first-order chi connectivity index (χ1) is 13.2. The van der Waals surface area contributed by atoms with Crippen LogP contribution in [0.2, 0.25) is 0 Å². The molecule has 4 nitrogen and oxygen atoms in total. The lowest BCUT2D eigenvalue weighted by Gasteiger charge is -2.08. The van der Waals surface area contributed by atoms with E-state index in [1.807, 2.05) is 48.0 Å². The van der Waals surface area contributed by atoms with Crippen molar-refractivity contribution in [3.63, 3.8) is 0 Å². The molecule has 1 heterocycles. The van der Waals surface area contributed by atoms with Gasteiger partial charge in [-0.2, -0.15) is 0 Å². The second-order valence-electron chi connectivity index (χ2n) is 6.28. The average Bonchev–Trinajstić information content (AvgIpc) is 3.12. The molecule has 27 heavy (non-hydrogen) atoms. The maximum atomic E-state index is 12.4. The topological polar surface area (TPSA) is 51.2 Å². The molecule has 0 aliphatic heterocycles. The highest BCUT2D eigenvalue weighted by Gasteiger charge is 2.07. The van der Waals surface area contributed by atoms with Crippen LogP contribution in [0.15, 0.2) is 60.1 Å². The predicted octanol–water partition coefficient (Wildman–Crippen LogP) is 5.60. The molecule has 0 aliphatic carbocycles. The number of unbranched alkanes of at least 4 members (excludes halogenated alkanes) is 1. The molecule has 0 spiro atoms. The Morgan fingerprint density at radius 3 is 3.04 bits per heavy atom. The van der Waals surface area contributed by atoms with Crippen LogP contribution in [0, 0.1) is 0 Å². The Balaban J connectivity index is 1.50. The SMILES string of the molecule is CC/C=C/CCCOc1cccc(CC(=O)Nc2ccc3ncsc3c2)c1. The molecule has 0 radical (unpaired) electrons. The van der Waals surface area contributed by atoms with Crippen molar-refractivity contribution in [3.05, 3.63) is 65.7 Å².